The highest BCUT2D eigenvalue weighted by Crippen LogP contribution is 2.25. The van der Waals surface area contributed by atoms with Gasteiger partial charge in [-0.25, -0.2) is 4.39 Å². The fraction of sp³-hybridized carbons (Fsp3) is 0.381. The summed E-state index contributed by atoms with van der Waals surface area (Å²) in [5.74, 6) is 0.0273. The lowest BCUT2D eigenvalue weighted by atomic mass is 10.1. The van der Waals surface area contributed by atoms with Crippen molar-refractivity contribution in [3.8, 4) is 5.75 Å². The molecule has 1 amide bonds. The van der Waals surface area contributed by atoms with Crippen LogP contribution < -0.4 is 15.0 Å². The highest BCUT2D eigenvalue weighted by molar-refractivity contribution is 5.92. The summed E-state index contributed by atoms with van der Waals surface area (Å²) < 4.78 is 19.9. The highest BCUT2D eigenvalue weighted by Gasteiger charge is 2.15. The largest absolute Gasteiger partial charge is 0.484 e. The van der Waals surface area contributed by atoms with Gasteiger partial charge in [0.25, 0.3) is 5.91 Å². The van der Waals surface area contributed by atoms with Gasteiger partial charge in [-0.2, -0.15) is 0 Å². The molecule has 1 aliphatic rings. The summed E-state index contributed by atoms with van der Waals surface area (Å²) in [5, 5.41) is 2.68. The minimum absolute atomic E-state index is 0.110. The van der Waals surface area contributed by atoms with Gasteiger partial charge in [-0.05, 0) is 61.6 Å². The molecule has 0 atom stereocenters. The Labute approximate surface area is 154 Å². The zero-order valence-electron chi connectivity index (χ0n) is 15.1. The molecule has 0 bridgehead atoms. The molecule has 0 unspecified atom stereocenters. The van der Waals surface area contributed by atoms with Crippen molar-refractivity contribution < 1.29 is 13.9 Å². The first kappa shape index (κ1) is 18.2. The number of ether oxygens (including phenoxy) is 1. The molecule has 1 saturated heterocycles. The van der Waals surface area contributed by atoms with Crippen molar-refractivity contribution in [1.82, 2.24) is 0 Å². The fourth-order valence-corrected chi connectivity index (χ4v) is 3.14. The topological polar surface area (TPSA) is 41.6 Å². The fourth-order valence-electron chi connectivity index (χ4n) is 3.14. The lowest BCUT2D eigenvalue weighted by Gasteiger charge is -2.29. The van der Waals surface area contributed by atoms with E-state index in [1.807, 2.05) is 24.3 Å². The van der Waals surface area contributed by atoms with Crippen molar-refractivity contribution in [2.45, 2.75) is 32.6 Å². The van der Waals surface area contributed by atoms with Crippen molar-refractivity contribution in [2.24, 2.45) is 0 Å². The average Bonchev–Trinajstić information content (AvgIpc) is 2.67. The molecule has 26 heavy (non-hydrogen) atoms. The quantitative estimate of drug-likeness (QED) is 0.834. The number of amides is 1. The minimum atomic E-state index is -0.310. The molecule has 2 aromatic rings. The van der Waals surface area contributed by atoms with Crippen molar-refractivity contribution in [3.05, 3.63) is 53.8 Å². The predicted octanol–water partition coefficient (Wildman–Crippen LogP) is 4.40. The number of piperidine rings is 1. The van der Waals surface area contributed by atoms with Crippen LogP contribution in [-0.2, 0) is 11.2 Å². The first-order valence-corrected chi connectivity index (χ1v) is 9.22. The van der Waals surface area contributed by atoms with E-state index in [1.165, 1.54) is 18.1 Å². The maximum Gasteiger partial charge on any atom is 0.262 e. The molecule has 4 nitrogen and oxygen atoms in total. The molecular weight excluding hydrogens is 331 g/mol. The van der Waals surface area contributed by atoms with E-state index in [2.05, 4.69) is 17.1 Å². The van der Waals surface area contributed by atoms with Crippen LogP contribution in [0.2, 0.25) is 0 Å². The van der Waals surface area contributed by atoms with Gasteiger partial charge >= 0.3 is 0 Å². The van der Waals surface area contributed by atoms with E-state index in [9.17, 15) is 9.18 Å². The molecule has 0 aromatic heterocycles. The molecule has 0 spiro atoms. The summed E-state index contributed by atoms with van der Waals surface area (Å²) >= 11 is 0. The molecule has 0 aliphatic carbocycles. The number of carbonyl (C=O) groups excluding carboxylic acids is 1. The maximum atomic E-state index is 14.4. The molecule has 0 saturated carbocycles. The highest BCUT2D eigenvalue weighted by atomic mass is 19.1. The summed E-state index contributed by atoms with van der Waals surface area (Å²) in [6.45, 7) is 3.74. The number of hydrogen-bond donors (Lipinski definition) is 1. The summed E-state index contributed by atoms with van der Waals surface area (Å²) in [6.07, 6.45) is 4.34. The SMILES string of the molecule is CCc1ccc(OCC(=O)Nc2ccc(N3CCCCC3)c(F)c2)cc1. The summed E-state index contributed by atoms with van der Waals surface area (Å²) in [7, 11) is 0. The van der Waals surface area contributed by atoms with E-state index in [0.717, 1.165) is 32.4 Å². The third-order valence-corrected chi connectivity index (χ3v) is 4.63. The average molecular weight is 356 g/mol. The van der Waals surface area contributed by atoms with Gasteiger partial charge in [0.15, 0.2) is 6.61 Å². The van der Waals surface area contributed by atoms with Gasteiger partial charge in [-0.3, -0.25) is 4.79 Å². The molecule has 1 N–H and O–H groups in total. The van der Waals surface area contributed by atoms with Crippen molar-refractivity contribution in [2.75, 3.05) is 29.9 Å². The Hall–Kier alpha value is -2.56. The van der Waals surface area contributed by atoms with Crippen LogP contribution in [0.1, 0.15) is 31.7 Å². The zero-order valence-corrected chi connectivity index (χ0v) is 15.1. The van der Waals surface area contributed by atoms with Crippen LogP contribution in [0.4, 0.5) is 15.8 Å². The Morgan fingerprint density at radius 3 is 2.50 bits per heavy atom. The lowest BCUT2D eigenvalue weighted by molar-refractivity contribution is -0.118. The molecular formula is C21H25FN2O2. The normalized spacial score (nSPS) is 14.2. The standard InChI is InChI=1S/C21H25FN2O2/c1-2-16-6-9-18(10-7-16)26-15-21(25)23-17-8-11-20(19(22)14-17)24-12-4-3-5-13-24/h6-11,14H,2-5,12-13,15H2,1H3,(H,23,25). The molecule has 5 heteroatoms. The zero-order chi connectivity index (χ0) is 18.4. The van der Waals surface area contributed by atoms with Gasteiger partial charge in [0, 0.05) is 18.8 Å². The van der Waals surface area contributed by atoms with Crippen LogP contribution in [0.15, 0.2) is 42.5 Å². The summed E-state index contributed by atoms with van der Waals surface area (Å²) in [5.41, 5.74) is 2.26. The summed E-state index contributed by atoms with van der Waals surface area (Å²) in [6, 6.07) is 12.5. The number of aryl methyl sites for hydroxylation is 1. The van der Waals surface area contributed by atoms with Crippen LogP contribution in [0, 0.1) is 5.82 Å². The Balaban J connectivity index is 1.54. The van der Waals surface area contributed by atoms with Gasteiger partial charge in [-0.15, -0.1) is 0 Å². The predicted molar refractivity (Wildman–Crippen MR) is 102 cm³/mol. The van der Waals surface area contributed by atoms with Crippen molar-refractivity contribution in [1.29, 1.82) is 0 Å². The number of anilines is 2. The second-order valence-electron chi connectivity index (χ2n) is 6.55. The van der Waals surface area contributed by atoms with Crippen LogP contribution >= 0.6 is 0 Å². The first-order valence-electron chi connectivity index (χ1n) is 9.22. The Morgan fingerprint density at radius 1 is 1.12 bits per heavy atom. The van der Waals surface area contributed by atoms with Gasteiger partial charge in [0.2, 0.25) is 0 Å². The molecule has 138 valence electrons. The van der Waals surface area contributed by atoms with E-state index in [4.69, 9.17) is 4.74 Å². The number of nitrogens with zero attached hydrogens (tertiary/aromatic N) is 1. The van der Waals surface area contributed by atoms with Crippen LogP contribution in [0.3, 0.4) is 0 Å². The Morgan fingerprint density at radius 2 is 1.85 bits per heavy atom. The summed E-state index contributed by atoms with van der Waals surface area (Å²) in [4.78, 5) is 14.1. The van der Waals surface area contributed by atoms with E-state index in [-0.39, 0.29) is 18.3 Å². The minimum Gasteiger partial charge on any atom is -0.484 e. The van der Waals surface area contributed by atoms with E-state index >= 15 is 0 Å². The van der Waals surface area contributed by atoms with E-state index < -0.39 is 0 Å². The molecule has 1 heterocycles. The lowest BCUT2D eigenvalue weighted by Crippen LogP contribution is -2.30. The Bertz CT molecular complexity index is 740. The first-order chi connectivity index (χ1) is 12.7. The number of halogens is 1. The number of rotatable bonds is 6. The third kappa shape index (κ3) is 4.75. The number of hydrogen-bond acceptors (Lipinski definition) is 3. The smallest absolute Gasteiger partial charge is 0.262 e. The third-order valence-electron chi connectivity index (χ3n) is 4.63. The number of nitrogens with one attached hydrogen (secondary N) is 1. The molecule has 1 fully saturated rings. The van der Waals surface area contributed by atoms with Crippen molar-refractivity contribution in [3.63, 3.8) is 0 Å². The van der Waals surface area contributed by atoms with Gasteiger partial charge in [0.05, 0.1) is 5.69 Å². The van der Waals surface area contributed by atoms with Crippen molar-refractivity contribution >= 4 is 17.3 Å². The van der Waals surface area contributed by atoms with Gasteiger partial charge in [-0.1, -0.05) is 19.1 Å². The van der Waals surface area contributed by atoms with Crippen LogP contribution in [-0.4, -0.2) is 25.6 Å². The Kier molecular flexibility index (Phi) is 6.10. The van der Waals surface area contributed by atoms with E-state index in [1.54, 1.807) is 12.1 Å². The van der Waals surface area contributed by atoms with Gasteiger partial charge in [0.1, 0.15) is 11.6 Å². The second-order valence-corrected chi connectivity index (χ2v) is 6.55. The van der Waals surface area contributed by atoms with Crippen LogP contribution in [0.25, 0.3) is 0 Å². The molecule has 1 aliphatic heterocycles. The second kappa shape index (κ2) is 8.70. The maximum absolute atomic E-state index is 14.4. The molecule has 0 radical (unpaired) electrons. The number of benzene rings is 2. The molecule has 3 rings (SSSR count). The van der Waals surface area contributed by atoms with Gasteiger partial charge < -0.3 is 15.0 Å². The van der Waals surface area contributed by atoms with E-state index in [0.29, 0.717) is 17.1 Å². The van der Waals surface area contributed by atoms with Crippen LogP contribution in [0.5, 0.6) is 5.75 Å². The monoisotopic (exact) mass is 356 g/mol. The molecule has 2 aromatic carbocycles. The number of carbonyl (C=O) groups is 1.